The lowest BCUT2D eigenvalue weighted by molar-refractivity contribution is 0.419. The van der Waals surface area contributed by atoms with E-state index in [4.69, 9.17) is 4.74 Å². The van der Waals surface area contributed by atoms with Gasteiger partial charge in [0.15, 0.2) is 0 Å². The fourth-order valence-corrected chi connectivity index (χ4v) is 2.28. The van der Waals surface area contributed by atoms with Gasteiger partial charge >= 0.3 is 0 Å². The van der Waals surface area contributed by atoms with E-state index in [-0.39, 0.29) is 0 Å². The molecule has 0 fully saturated rings. The Morgan fingerprint density at radius 2 is 2.14 bits per heavy atom. The molecule has 0 bridgehead atoms. The Morgan fingerprint density at radius 1 is 1.19 bits per heavy atom. The van der Waals surface area contributed by atoms with Crippen molar-refractivity contribution in [2.45, 2.75) is 12.8 Å². The van der Waals surface area contributed by atoms with Gasteiger partial charge in [-0.15, -0.1) is 0 Å². The monoisotopic (exact) mass is 276 g/mol. The van der Waals surface area contributed by atoms with E-state index in [9.17, 15) is 0 Å². The van der Waals surface area contributed by atoms with Gasteiger partial charge in [-0.05, 0) is 36.6 Å². The lowest BCUT2D eigenvalue weighted by Gasteiger charge is -1.99. The highest BCUT2D eigenvalue weighted by Gasteiger charge is 2.04. The molecular formula is C18H16N2O. The van der Waals surface area contributed by atoms with E-state index in [1.54, 1.807) is 13.3 Å². The summed E-state index contributed by atoms with van der Waals surface area (Å²) in [6.07, 6.45) is 3.44. The Morgan fingerprint density at radius 3 is 2.95 bits per heavy atom. The smallest absolute Gasteiger partial charge is 0.142 e. The van der Waals surface area contributed by atoms with E-state index in [0.29, 0.717) is 0 Å². The molecule has 0 spiro atoms. The summed E-state index contributed by atoms with van der Waals surface area (Å²) in [4.78, 5) is 7.59. The Labute approximate surface area is 124 Å². The second-order valence-corrected chi connectivity index (χ2v) is 4.74. The van der Waals surface area contributed by atoms with Crippen LogP contribution in [0.15, 0.2) is 48.7 Å². The second-order valence-electron chi connectivity index (χ2n) is 4.74. The molecule has 1 aromatic carbocycles. The first-order valence-corrected chi connectivity index (χ1v) is 6.91. The maximum absolute atomic E-state index is 5.36. The molecule has 0 atom stereocenters. The van der Waals surface area contributed by atoms with Gasteiger partial charge in [0.1, 0.15) is 11.4 Å². The number of rotatable bonds is 3. The number of aromatic nitrogens is 2. The van der Waals surface area contributed by atoms with Gasteiger partial charge in [-0.25, -0.2) is 4.98 Å². The maximum Gasteiger partial charge on any atom is 0.142 e. The van der Waals surface area contributed by atoms with Gasteiger partial charge < -0.3 is 9.72 Å². The lowest BCUT2D eigenvalue weighted by atomic mass is 10.2. The highest BCUT2D eigenvalue weighted by molar-refractivity contribution is 5.86. The molecule has 0 aliphatic rings. The Bertz CT molecular complexity index is 794. The van der Waals surface area contributed by atoms with Crippen LogP contribution in [0.5, 0.6) is 5.75 Å². The minimum absolute atomic E-state index is 0.797. The molecule has 0 amide bonds. The fraction of sp³-hybridized carbons (Fsp3) is 0.167. The van der Waals surface area contributed by atoms with Crippen molar-refractivity contribution in [3.63, 3.8) is 0 Å². The molecule has 0 radical (unpaired) electrons. The SMILES string of the molecule is COc1cccc2cc(CCC#Cc3ccccn3)[nH]c12. The summed E-state index contributed by atoms with van der Waals surface area (Å²) >= 11 is 0. The molecule has 3 nitrogen and oxygen atoms in total. The van der Waals surface area contributed by atoms with Crippen molar-refractivity contribution in [2.24, 2.45) is 0 Å². The average molecular weight is 276 g/mol. The highest BCUT2D eigenvalue weighted by Crippen LogP contribution is 2.25. The predicted octanol–water partition coefficient (Wildman–Crippen LogP) is 3.56. The number of methoxy groups -OCH3 is 1. The number of nitrogens with one attached hydrogen (secondary N) is 1. The van der Waals surface area contributed by atoms with Gasteiger partial charge in [0.2, 0.25) is 0 Å². The number of aryl methyl sites for hydroxylation is 1. The molecule has 3 aromatic rings. The summed E-state index contributed by atoms with van der Waals surface area (Å²) in [5, 5.41) is 1.17. The minimum atomic E-state index is 0.797. The topological polar surface area (TPSA) is 37.9 Å². The summed E-state index contributed by atoms with van der Waals surface area (Å²) in [5.41, 5.74) is 3.04. The van der Waals surface area contributed by atoms with Crippen LogP contribution in [0.2, 0.25) is 0 Å². The normalized spacial score (nSPS) is 10.1. The zero-order valence-corrected chi connectivity index (χ0v) is 11.9. The molecule has 0 saturated heterocycles. The van der Waals surface area contributed by atoms with Gasteiger partial charge in [-0.3, -0.25) is 0 Å². The van der Waals surface area contributed by atoms with Crippen LogP contribution in [-0.4, -0.2) is 17.1 Å². The van der Waals surface area contributed by atoms with Gasteiger partial charge in [-0.1, -0.05) is 24.1 Å². The zero-order valence-electron chi connectivity index (χ0n) is 11.9. The van der Waals surface area contributed by atoms with Crippen LogP contribution in [0.3, 0.4) is 0 Å². The quantitative estimate of drug-likeness (QED) is 0.743. The Balaban J connectivity index is 1.70. The molecule has 3 rings (SSSR count). The van der Waals surface area contributed by atoms with Crippen LogP contribution in [0.1, 0.15) is 17.8 Å². The number of benzene rings is 1. The van der Waals surface area contributed by atoms with Gasteiger partial charge in [-0.2, -0.15) is 0 Å². The van der Waals surface area contributed by atoms with Crippen molar-refractivity contribution in [2.75, 3.05) is 7.11 Å². The van der Waals surface area contributed by atoms with Crippen molar-refractivity contribution in [3.05, 3.63) is 60.0 Å². The molecule has 0 aliphatic carbocycles. The van der Waals surface area contributed by atoms with Crippen LogP contribution < -0.4 is 4.74 Å². The number of nitrogens with zero attached hydrogens (tertiary/aromatic N) is 1. The number of hydrogen-bond donors (Lipinski definition) is 1. The standard InChI is InChI=1S/C18H16N2O/c1-21-17-11-6-7-14-13-16(20-18(14)17)10-3-2-8-15-9-4-5-12-19-15/h4-7,9,11-13,20H,3,10H2,1H3. The number of para-hydroxylation sites is 1. The van der Waals surface area contributed by atoms with Crippen molar-refractivity contribution in [1.29, 1.82) is 0 Å². The van der Waals surface area contributed by atoms with Crippen LogP contribution in [-0.2, 0) is 6.42 Å². The van der Waals surface area contributed by atoms with Crippen LogP contribution in [0, 0.1) is 11.8 Å². The third kappa shape index (κ3) is 3.06. The predicted molar refractivity (Wildman–Crippen MR) is 84.3 cm³/mol. The first kappa shape index (κ1) is 13.3. The first-order chi connectivity index (χ1) is 10.4. The molecule has 2 heterocycles. The number of pyridine rings is 1. The molecule has 0 unspecified atom stereocenters. The van der Waals surface area contributed by atoms with Gasteiger partial charge in [0, 0.05) is 23.7 Å². The van der Waals surface area contributed by atoms with E-state index >= 15 is 0 Å². The molecule has 3 heteroatoms. The van der Waals surface area contributed by atoms with Crippen LogP contribution >= 0.6 is 0 Å². The first-order valence-electron chi connectivity index (χ1n) is 6.91. The zero-order chi connectivity index (χ0) is 14.5. The van der Waals surface area contributed by atoms with E-state index in [1.807, 2.05) is 30.3 Å². The van der Waals surface area contributed by atoms with E-state index < -0.39 is 0 Å². The average Bonchev–Trinajstić information content (AvgIpc) is 2.95. The Kier molecular flexibility index (Phi) is 3.88. The molecular weight excluding hydrogens is 260 g/mol. The fourth-order valence-electron chi connectivity index (χ4n) is 2.28. The van der Waals surface area contributed by atoms with Crippen molar-refractivity contribution in [3.8, 4) is 17.6 Å². The van der Waals surface area contributed by atoms with Crippen molar-refractivity contribution in [1.82, 2.24) is 9.97 Å². The molecule has 0 saturated carbocycles. The Hall–Kier alpha value is -2.73. The molecule has 0 aliphatic heterocycles. The summed E-state index contributed by atoms with van der Waals surface area (Å²) in [6, 6.07) is 14.0. The summed E-state index contributed by atoms with van der Waals surface area (Å²) in [6.45, 7) is 0. The molecule has 2 aromatic heterocycles. The van der Waals surface area contributed by atoms with E-state index in [0.717, 1.165) is 29.8 Å². The number of hydrogen-bond acceptors (Lipinski definition) is 2. The van der Waals surface area contributed by atoms with Crippen molar-refractivity contribution >= 4 is 10.9 Å². The lowest BCUT2D eigenvalue weighted by Crippen LogP contribution is -1.85. The number of ether oxygens (including phenoxy) is 1. The largest absolute Gasteiger partial charge is 0.495 e. The van der Waals surface area contributed by atoms with Crippen LogP contribution in [0.4, 0.5) is 0 Å². The van der Waals surface area contributed by atoms with Gasteiger partial charge in [0.05, 0.1) is 12.6 Å². The third-order valence-electron chi connectivity index (χ3n) is 3.29. The molecule has 21 heavy (non-hydrogen) atoms. The molecule has 1 N–H and O–H groups in total. The van der Waals surface area contributed by atoms with Gasteiger partial charge in [0.25, 0.3) is 0 Å². The molecule has 104 valence electrons. The number of aromatic amines is 1. The van der Waals surface area contributed by atoms with E-state index in [2.05, 4.69) is 33.9 Å². The second kappa shape index (κ2) is 6.15. The van der Waals surface area contributed by atoms with Crippen LogP contribution in [0.25, 0.3) is 10.9 Å². The summed E-state index contributed by atoms with van der Waals surface area (Å²) in [5.74, 6) is 7.10. The minimum Gasteiger partial charge on any atom is -0.495 e. The summed E-state index contributed by atoms with van der Waals surface area (Å²) in [7, 11) is 1.69. The van der Waals surface area contributed by atoms with Crippen molar-refractivity contribution < 1.29 is 4.74 Å². The highest BCUT2D eigenvalue weighted by atomic mass is 16.5. The maximum atomic E-state index is 5.36. The number of fused-ring (bicyclic) bond motifs is 1. The third-order valence-corrected chi connectivity index (χ3v) is 3.29. The van der Waals surface area contributed by atoms with E-state index in [1.165, 1.54) is 11.1 Å². The summed E-state index contributed by atoms with van der Waals surface area (Å²) < 4.78 is 5.36. The number of H-pyrrole nitrogens is 1.